The van der Waals surface area contributed by atoms with Gasteiger partial charge in [0, 0.05) is 12.0 Å². The van der Waals surface area contributed by atoms with Crippen LogP contribution in [0.25, 0.3) is 21.6 Å². The average molecular weight is 320 g/mol. The lowest BCUT2D eigenvalue weighted by molar-refractivity contribution is -0.0481. The van der Waals surface area contributed by atoms with Crippen LogP contribution in [0, 0.1) is 0 Å². The van der Waals surface area contributed by atoms with Gasteiger partial charge < -0.3 is 15.2 Å². The quantitative estimate of drug-likeness (QED) is 0.479. The third kappa shape index (κ3) is 2.40. The van der Waals surface area contributed by atoms with Crippen LogP contribution >= 0.6 is 0 Å². The summed E-state index contributed by atoms with van der Waals surface area (Å²) in [4.78, 5) is 25.3. The van der Waals surface area contributed by atoms with E-state index in [2.05, 4.69) is 25.0 Å². The Hall–Kier alpha value is -2.62. The topological polar surface area (TPSA) is 157 Å². The Balaban J connectivity index is 2.11. The highest BCUT2D eigenvalue weighted by Gasteiger charge is 2.45. The number of azide groups is 1. The molecule has 11 nitrogen and oxygen atoms in total. The van der Waals surface area contributed by atoms with Gasteiger partial charge in [-0.1, -0.05) is 12.0 Å². The highest BCUT2D eigenvalue weighted by molar-refractivity contribution is 5.70. The molecule has 1 unspecified atom stereocenters. The summed E-state index contributed by atoms with van der Waals surface area (Å²) in [5.41, 5.74) is 14.4. The van der Waals surface area contributed by atoms with E-state index < -0.39 is 23.9 Å². The fraction of sp³-hybridized carbons (Fsp3) is 0.583. The molecule has 2 aromatic heterocycles. The molecule has 23 heavy (non-hydrogen) atoms. The van der Waals surface area contributed by atoms with E-state index in [0.29, 0.717) is 6.42 Å². The third-order valence-corrected chi connectivity index (χ3v) is 3.90. The number of fused-ring (bicyclic) bond motifs is 1. The first-order chi connectivity index (χ1) is 11.1. The molecule has 4 atom stereocenters. The lowest BCUT2D eigenvalue weighted by atomic mass is 10.1. The molecule has 3 heterocycles. The predicted molar refractivity (Wildman–Crippen MR) is 80.5 cm³/mol. The van der Waals surface area contributed by atoms with E-state index in [1.54, 1.807) is 4.57 Å². The second-order valence-corrected chi connectivity index (χ2v) is 5.14. The molecule has 3 rings (SSSR count). The highest BCUT2D eigenvalue weighted by atomic mass is 16.6. The van der Waals surface area contributed by atoms with Crippen LogP contribution in [-0.2, 0) is 9.47 Å². The molecule has 0 aliphatic carbocycles. The molecule has 3 N–H and O–H groups in total. The maximum atomic E-state index is 11.9. The van der Waals surface area contributed by atoms with E-state index in [9.17, 15) is 4.79 Å². The zero-order chi connectivity index (χ0) is 16.6. The third-order valence-electron chi connectivity index (χ3n) is 3.90. The predicted octanol–water partition coefficient (Wildman–Crippen LogP) is 0.703. The molecule has 1 aliphatic heterocycles. The van der Waals surface area contributed by atoms with E-state index >= 15 is 0 Å². The van der Waals surface area contributed by atoms with Gasteiger partial charge in [-0.15, -0.1) is 0 Å². The number of hydrogen-bond donors (Lipinski definition) is 2. The molecule has 1 aliphatic rings. The molecule has 0 amide bonds. The molecule has 1 fully saturated rings. The van der Waals surface area contributed by atoms with Gasteiger partial charge in [-0.2, -0.15) is 4.98 Å². The van der Waals surface area contributed by atoms with Gasteiger partial charge in [0.2, 0.25) is 5.95 Å². The van der Waals surface area contributed by atoms with Crippen LogP contribution in [0.3, 0.4) is 0 Å². The number of H-pyrrole nitrogens is 1. The first-order valence-corrected chi connectivity index (χ1v) is 7.05. The molecule has 11 heteroatoms. The van der Waals surface area contributed by atoms with Crippen molar-refractivity contribution in [1.82, 2.24) is 19.5 Å². The zero-order valence-corrected chi connectivity index (χ0v) is 12.6. The fourth-order valence-electron chi connectivity index (χ4n) is 2.86. The smallest absolute Gasteiger partial charge is 0.280 e. The molecule has 0 saturated carbocycles. The van der Waals surface area contributed by atoms with Gasteiger partial charge in [-0.25, -0.2) is 4.98 Å². The second kappa shape index (κ2) is 5.88. The number of nitrogens with two attached hydrogens (primary N) is 1. The van der Waals surface area contributed by atoms with Crippen LogP contribution in [-0.4, -0.2) is 44.9 Å². The number of methoxy groups -OCH3 is 1. The van der Waals surface area contributed by atoms with E-state index in [-0.39, 0.29) is 23.2 Å². The molecule has 122 valence electrons. The number of aromatic nitrogens is 4. The van der Waals surface area contributed by atoms with Crippen molar-refractivity contribution in [3.05, 3.63) is 27.1 Å². The van der Waals surface area contributed by atoms with Gasteiger partial charge in [-0.3, -0.25) is 14.3 Å². The number of imidazole rings is 1. The van der Waals surface area contributed by atoms with E-state index in [1.807, 2.05) is 6.92 Å². The number of nitrogens with one attached hydrogen (secondary N) is 1. The van der Waals surface area contributed by atoms with Gasteiger partial charge in [0.15, 0.2) is 17.4 Å². The number of hydrogen-bond acceptors (Lipinski definition) is 7. The van der Waals surface area contributed by atoms with Crippen molar-refractivity contribution in [2.45, 2.75) is 37.8 Å². The summed E-state index contributed by atoms with van der Waals surface area (Å²) in [6, 6.07) is -0.489. The van der Waals surface area contributed by atoms with Crippen LogP contribution in [0.4, 0.5) is 5.95 Å². The number of ether oxygens (including phenoxy) is 2. The summed E-state index contributed by atoms with van der Waals surface area (Å²) in [6.45, 7) is 1.92. The van der Waals surface area contributed by atoms with Gasteiger partial charge in [-0.05, 0) is 12.0 Å². The maximum absolute atomic E-state index is 11.9. The summed E-state index contributed by atoms with van der Waals surface area (Å²) >= 11 is 0. The highest BCUT2D eigenvalue weighted by Crippen LogP contribution is 2.36. The largest absolute Gasteiger partial charge is 0.376 e. The number of aromatic amines is 1. The lowest BCUT2D eigenvalue weighted by Crippen LogP contribution is -2.31. The Morgan fingerprint density at radius 1 is 1.65 bits per heavy atom. The van der Waals surface area contributed by atoms with Crippen LogP contribution in [0.1, 0.15) is 19.6 Å². The van der Waals surface area contributed by atoms with Crippen LogP contribution < -0.4 is 11.3 Å². The Morgan fingerprint density at radius 2 is 2.43 bits per heavy atom. The molecule has 0 bridgehead atoms. The number of rotatable bonds is 4. The fourth-order valence-corrected chi connectivity index (χ4v) is 2.86. The Labute approximate surface area is 130 Å². The molecule has 2 aromatic rings. The first kappa shape index (κ1) is 15.3. The standard InChI is InChI=1S/C12H16N8O3/c1-3-5-6(18-19-14)8(22-2)11(23-5)20-4-15-7-9(20)16-12(13)17-10(7)21/h4-6,8,11H,3H2,1-2H3,(H3,13,16,17,21)/t5-,6+,8?,11-/m1/s1. The van der Waals surface area contributed by atoms with Gasteiger partial charge in [0.1, 0.15) is 6.10 Å². The van der Waals surface area contributed by atoms with Crippen molar-refractivity contribution in [2.75, 3.05) is 12.8 Å². The van der Waals surface area contributed by atoms with Crippen molar-refractivity contribution in [3.63, 3.8) is 0 Å². The minimum absolute atomic E-state index is 0.0187. The average Bonchev–Trinajstić information content (AvgIpc) is 3.08. The van der Waals surface area contributed by atoms with Gasteiger partial charge >= 0.3 is 0 Å². The van der Waals surface area contributed by atoms with Gasteiger partial charge in [0.25, 0.3) is 5.56 Å². The first-order valence-electron chi connectivity index (χ1n) is 7.05. The minimum Gasteiger partial charge on any atom is -0.376 e. The summed E-state index contributed by atoms with van der Waals surface area (Å²) < 4.78 is 13.0. The molecule has 0 radical (unpaired) electrons. The number of nitrogens with zero attached hydrogens (tertiary/aromatic N) is 6. The second-order valence-electron chi connectivity index (χ2n) is 5.14. The maximum Gasteiger partial charge on any atom is 0.280 e. The van der Waals surface area contributed by atoms with Crippen molar-refractivity contribution < 1.29 is 9.47 Å². The Bertz CT molecular complexity index is 823. The zero-order valence-electron chi connectivity index (χ0n) is 12.6. The van der Waals surface area contributed by atoms with E-state index in [1.165, 1.54) is 13.4 Å². The SMILES string of the molecule is CC[C@H]1O[C@@H](n2cnc3c(=O)[nH]c(N)nc32)C(OC)[C@H]1N=[N+]=[N-]. The van der Waals surface area contributed by atoms with Crippen molar-refractivity contribution in [3.8, 4) is 0 Å². The monoisotopic (exact) mass is 320 g/mol. The van der Waals surface area contributed by atoms with E-state index in [4.69, 9.17) is 20.7 Å². The Morgan fingerprint density at radius 3 is 3.09 bits per heavy atom. The molecular weight excluding hydrogens is 304 g/mol. The summed E-state index contributed by atoms with van der Waals surface area (Å²) in [5.74, 6) is -0.0187. The molecular formula is C12H16N8O3. The van der Waals surface area contributed by atoms with Gasteiger partial charge in [0.05, 0.1) is 18.5 Å². The van der Waals surface area contributed by atoms with E-state index in [0.717, 1.165) is 0 Å². The number of anilines is 1. The summed E-state index contributed by atoms with van der Waals surface area (Å²) in [7, 11) is 1.51. The summed E-state index contributed by atoms with van der Waals surface area (Å²) in [5, 5.41) is 3.79. The van der Waals surface area contributed by atoms with Crippen molar-refractivity contribution in [1.29, 1.82) is 0 Å². The molecule has 0 aromatic carbocycles. The van der Waals surface area contributed by atoms with Crippen LogP contribution in [0.2, 0.25) is 0 Å². The molecule has 1 saturated heterocycles. The number of nitrogen functional groups attached to an aromatic ring is 1. The van der Waals surface area contributed by atoms with Crippen molar-refractivity contribution in [2.24, 2.45) is 5.11 Å². The van der Waals surface area contributed by atoms with Crippen molar-refractivity contribution >= 4 is 17.1 Å². The minimum atomic E-state index is -0.626. The normalized spacial score (nSPS) is 27.2. The van der Waals surface area contributed by atoms with Crippen LogP contribution in [0.5, 0.6) is 0 Å². The lowest BCUT2D eigenvalue weighted by Gasteiger charge is -2.20. The van der Waals surface area contributed by atoms with Crippen LogP contribution in [0.15, 0.2) is 16.2 Å². The Kier molecular flexibility index (Phi) is 3.90. The summed E-state index contributed by atoms with van der Waals surface area (Å²) in [6.07, 6.45) is 0.615. The molecule has 0 spiro atoms.